The third-order valence-corrected chi connectivity index (χ3v) is 2.48. The normalized spacial score (nSPS) is 10.5. The Morgan fingerprint density at radius 1 is 1.53 bits per heavy atom. The fourth-order valence-corrected chi connectivity index (χ4v) is 1.72. The summed E-state index contributed by atoms with van der Waals surface area (Å²) in [6.07, 6.45) is 1.16. The lowest BCUT2D eigenvalue weighted by atomic mass is 10.2. The quantitative estimate of drug-likeness (QED) is 0.884. The van der Waals surface area contributed by atoms with Crippen LogP contribution in [0.1, 0.15) is 5.69 Å². The van der Waals surface area contributed by atoms with Gasteiger partial charge in [-0.2, -0.15) is 0 Å². The number of H-pyrrole nitrogens is 1. The van der Waals surface area contributed by atoms with E-state index >= 15 is 0 Å². The minimum Gasteiger partial charge on any atom is -0.481 e. The molecule has 0 aliphatic carbocycles. The van der Waals surface area contributed by atoms with Crippen molar-refractivity contribution >= 4 is 17.6 Å². The van der Waals surface area contributed by atoms with Gasteiger partial charge in [0.2, 0.25) is 0 Å². The second kappa shape index (κ2) is 4.55. The summed E-state index contributed by atoms with van der Waals surface area (Å²) in [6, 6.07) is 4.29. The number of hydrogen-bond donors (Lipinski definition) is 2. The van der Waals surface area contributed by atoms with Crippen molar-refractivity contribution in [2.45, 2.75) is 6.42 Å². The average molecular weight is 255 g/mol. The fourth-order valence-electron chi connectivity index (χ4n) is 1.46. The van der Waals surface area contributed by atoms with Gasteiger partial charge >= 0.3 is 5.97 Å². The molecule has 0 radical (unpaired) electrons. The van der Waals surface area contributed by atoms with Crippen LogP contribution in [0.15, 0.2) is 24.4 Å². The van der Waals surface area contributed by atoms with Crippen molar-refractivity contribution < 1.29 is 14.3 Å². The number of carbonyl (C=O) groups is 1. The van der Waals surface area contributed by atoms with Gasteiger partial charge in [-0.3, -0.25) is 4.79 Å². The van der Waals surface area contributed by atoms with Crippen LogP contribution in [0.5, 0.6) is 0 Å². The second-order valence-corrected chi connectivity index (χ2v) is 3.83. The van der Waals surface area contributed by atoms with Gasteiger partial charge in [-0.15, -0.1) is 0 Å². The summed E-state index contributed by atoms with van der Waals surface area (Å²) in [5.74, 6) is -1.27. The van der Waals surface area contributed by atoms with Gasteiger partial charge in [0.25, 0.3) is 0 Å². The molecule has 88 valence electrons. The standard InChI is InChI=1S/C11H8ClFN2O2/c12-7-2-1-3-8(13)10(7)11-14-5-6(15-11)4-9(16)17/h1-3,5H,4H2,(H,14,15)(H,16,17). The van der Waals surface area contributed by atoms with Crippen molar-refractivity contribution in [2.24, 2.45) is 0 Å². The van der Waals surface area contributed by atoms with E-state index in [1.165, 1.54) is 18.3 Å². The molecule has 1 aromatic carbocycles. The highest BCUT2D eigenvalue weighted by Crippen LogP contribution is 2.28. The molecule has 1 heterocycles. The van der Waals surface area contributed by atoms with Crippen LogP contribution in [0.2, 0.25) is 5.02 Å². The highest BCUT2D eigenvalue weighted by Gasteiger charge is 2.13. The van der Waals surface area contributed by atoms with Gasteiger partial charge in [0.05, 0.1) is 17.0 Å². The Labute approximate surface area is 101 Å². The van der Waals surface area contributed by atoms with E-state index in [4.69, 9.17) is 16.7 Å². The molecule has 2 aromatic rings. The van der Waals surface area contributed by atoms with E-state index in [0.717, 1.165) is 0 Å². The van der Waals surface area contributed by atoms with Crippen LogP contribution in [-0.4, -0.2) is 21.0 Å². The van der Waals surface area contributed by atoms with Crippen LogP contribution in [0.25, 0.3) is 11.4 Å². The molecule has 1 aromatic heterocycles. The van der Waals surface area contributed by atoms with Crippen molar-refractivity contribution in [3.63, 3.8) is 0 Å². The van der Waals surface area contributed by atoms with Gasteiger partial charge in [-0.05, 0) is 12.1 Å². The molecule has 0 amide bonds. The van der Waals surface area contributed by atoms with Crippen LogP contribution in [-0.2, 0) is 11.2 Å². The lowest BCUT2D eigenvalue weighted by molar-refractivity contribution is -0.136. The first kappa shape index (κ1) is 11.6. The summed E-state index contributed by atoms with van der Waals surface area (Å²) in [5.41, 5.74) is 0.539. The van der Waals surface area contributed by atoms with Crippen LogP contribution in [0.3, 0.4) is 0 Å². The van der Waals surface area contributed by atoms with E-state index in [1.807, 2.05) is 0 Å². The maximum Gasteiger partial charge on any atom is 0.309 e. The molecule has 0 aliphatic heterocycles. The number of carboxylic acid groups (broad SMARTS) is 1. The number of hydrogen-bond acceptors (Lipinski definition) is 2. The number of aliphatic carboxylic acids is 1. The van der Waals surface area contributed by atoms with E-state index in [1.54, 1.807) is 6.07 Å². The van der Waals surface area contributed by atoms with Crippen molar-refractivity contribution in [2.75, 3.05) is 0 Å². The molecule has 2 rings (SSSR count). The summed E-state index contributed by atoms with van der Waals surface area (Å²) < 4.78 is 13.5. The van der Waals surface area contributed by atoms with Gasteiger partial charge in [0, 0.05) is 11.9 Å². The fraction of sp³-hybridized carbons (Fsp3) is 0.0909. The number of aromatic amines is 1. The minimum atomic E-state index is -0.986. The molecule has 0 bridgehead atoms. The lowest BCUT2D eigenvalue weighted by Gasteiger charge is -2.01. The van der Waals surface area contributed by atoms with E-state index < -0.39 is 11.8 Å². The van der Waals surface area contributed by atoms with Gasteiger partial charge in [-0.1, -0.05) is 17.7 Å². The largest absolute Gasteiger partial charge is 0.481 e. The Balaban J connectivity index is 2.40. The molecule has 4 nitrogen and oxygen atoms in total. The van der Waals surface area contributed by atoms with Crippen LogP contribution >= 0.6 is 11.6 Å². The summed E-state index contributed by atoms with van der Waals surface area (Å²) in [5, 5.41) is 8.83. The maximum absolute atomic E-state index is 13.5. The first-order valence-corrected chi connectivity index (χ1v) is 5.16. The molecule has 0 aliphatic rings. The number of halogens is 2. The third kappa shape index (κ3) is 2.45. The number of benzene rings is 1. The molecular formula is C11H8ClFN2O2. The van der Waals surface area contributed by atoms with E-state index in [0.29, 0.717) is 5.69 Å². The second-order valence-electron chi connectivity index (χ2n) is 3.42. The van der Waals surface area contributed by atoms with Crippen molar-refractivity contribution in [1.82, 2.24) is 9.97 Å². The molecule has 2 N–H and O–H groups in total. The molecule has 0 spiro atoms. The Kier molecular flexibility index (Phi) is 3.10. The third-order valence-electron chi connectivity index (χ3n) is 2.17. The average Bonchev–Trinajstić information content (AvgIpc) is 2.65. The predicted octanol–water partition coefficient (Wildman–Crippen LogP) is 2.50. The molecule has 0 saturated heterocycles. The number of carboxylic acids is 1. The van der Waals surface area contributed by atoms with Gasteiger partial charge in [0.15, 0.2) is 0 Å². The van der Waals surface area contributed by atoms with E-state index in [9.17, 15) is 9.18 Å². The zero-order chi connectivity index (χ0) is 12.4. The maximum atomic E-state index is 13.5. The topological polar surface area (TPSA) is 66.0 Å². The van der Waals surface area contributed by atoms with E-state index in [2.05, 4.69) is 9.97 Å². The molecular weight excluding hydrogens is 247 g/mol. The van der Waals surface area contributed by atoms with Crippen molar-refractivity contribution in [1.29, 1.82) is 0 Å². The molecule has 0 saturated carbocycles. The van der Waals surface area contributed by atoms with Gasteiger partial charge < -0.3 is 10.1 Å². The van der Waals surface area contributed by atoms with E-state index in [-0.39, 0.29) is 22.8 Å². The Morgan fingerprint density at radius 3 is 2.94 bits per heavy atom. The highest BCUT2D eigenvalue weighted by atomic mass is 35.5. The Hall–Kier alpha value is -1.88. The lowest BCUT2D eigenvalue weighted by Crippen LogP contribution is -2.00. The molecule has 0 atom stereocenters. The smallest absolute Gasteiger partial charge is 0.309 e. The van der Waals surface area contributed by atoms with Crippen molar-refractivity contribution in [3.05, 3.63) is 40.9 Å². The van der Waals surface area contributed by atoms with Crippen LogP contribution < -0.4 is 0 Å². The number of rotatable bonds is 3. The summed E-state index contributed by atoms with van der Waals surface area (Å²) in [6.45, 7) is 0. The van der Waals surface area contributed by atoms with Crippen LogP contribution in [0, 0.1) is 5.82 Å². The first-order valence-electron chi connectivity index (χ1n) is 4.78. The Morgan fingerprint density at radius 2 is 2.29 bits per heavy atom. The highest BCUT2D eigenvalue weighted by molar-refractivity contribution is 6.33. The first-order chi connectivity index (χ1) is 8.08. The van der Waals surface area contributed by atoms with Gasteiger partial charge in [-0.25, -0.2) is 9.37 Å². The number of nitrogens with zero attached hydrogens (tertiary/aromatic N) is 1. The monoisotopic (exact) mass is 254 g/mol. The zero-order valence-electron chi connectivity index (χ0n) is 8.58. The minimum absolute atomic E-state index is 0.144. The van der Waals surface area contributed by atoms with Gasteiger partial charge in [0.1, 0.15) is 11.6 Å². The molecule has 0 unspecified atom stereocenters. The Bertz CT molecular complexity index is 548. The predicted molar refractivity (Wildman–Crippen MR) is 60.3 cm³/mol. The van der Waals surface area contributed by atoms with Crippen LogP contribution in [0.4, 0.5) is 4.39 Å². The number of nitrogens with one attached hydrogen (secondary N) is 1. The zero-order valence-corrected chi connectivity index (χ0v) is 9.33. The number of aromatic nitrogens is 2. The molecule has 17 heavy (non-hydrogen) atoms. The summed E-state index contributed by atoms with van der Waals surface area (Å²) in [7, 11) is 0. The SMILES string of the molecule is O=C(O)Cc1cnc(-c2c(F)cccc2Cl)[nH]1. The summed E-state index contributed by atoms with van der Waals surface area (Å²) in [4.78, 5) is 17.1. The number of imidazole rings is 1. The molecule has 6 heteroatoms. The summed E-state index contributed by atoms with van der Waals surface area (Å²) >= 11 is 5.86. The molecule has 0 fully saturated rings. The van der Waals surface area contributed by atoms with Crippen molar-refractivity contribution in [3.8, 4) is 11.4 Å².